The number of rotatable bonds is 7. The van der Waals surface area contributed by atoms with Crippen LogP contribution in [0.15, 0.2) is 35.7 Å². The van der Waals surface area contributed by atoms with E-state index in [1.165, 1.54) is 17.4 Å². The molecule has 154 valence electrons. The number of aryl methyl sites for hydroxylation is 1. The third-order valence-electron chi connectivity index (χ3n) is 5.07. The van der Waals surface area contributed by atoms with Gasteiger partial charge in [-0.05, 0) is 35.9 Å². The lowest BCUT2D eigenvalue weighted by molar-refractivity contribution is -0.132. The lowest BCUT2D eigenvalue weighted by atomic mass is 10.0. The summed E-state index contributed by atoms with van der Waals surface area (Å²) >= 11 is 1.74. The zero-order valence-electron chi connectivity index (χ0n) is 16.9. The summed E-state index contributed by atoms with van der Waals surface area (Å²) in [6, 6.07) is 9.44. The number of hydrogen-bond acceptors (Lipinski definition) is 4. The summed E-state index contributed by atoms with van der Waals surface area (Å²) in [6.07, 6.45) is 1.32. The minimum atomic E-state index is -0.386. The first-order chi connectivity index (χ1) is 13.9. The average molecular weight is 414 g/mol. The minimum Gasteiger partial charge on any atom is -0.356 e. The Labute approximate surface area is 175 Å². The molecular weight excluding hydrogens is 386 g/mol. The van der Waals surface area contributed by atoms with Crippen molar-refractivity contribution in [3.05, 3.63) is 57.3 Å². The summed E-state index contributed by atoms with van der Waals surface area (Å²) in [7, 11) is 0. The Bertz CT molecular complexity index is 876. The van der Waals surface area contributed by atoms with Crippen LogP contribution in [0, 0.1) is 6.92 Å². The molecule has 0 radical (unpaired) electrons. The standard InChI is InChI=1S/C22H27N3O3S/c1-15-3-5-17(6-4-15)19(24-16(2)26)13-21(27)23-10-7-22(28)25-11-8-20-18(14-25)9-12-29-20/h3-6,9,12,19H,7-8,10-11,13-14H2,1-2H3,(H,23,27)(H,24,26). The van der Waals surface area contributed by atoms with Gasteiger partial charge in [0.05, 0.1) is 12.5 Å². The van der Waals surface area contributed by atoms with E-state index in [0.717, 1.165) is 24.1 Å². The van der Waals surface area contributed by atoms with E-state index in [-0.39, 0.29) is 36.6 Å². The number of nitrogens with one attached hydrogen (secondary N) is 2. The van der Waals surface area contributed by atoms with Crippen LogP contribution >= 0.6 is 11.3 Å². The van der Waals surface area contributed by atoms with Gasteiger partial charge in [0.2, 0.25) is 17.7 Å². The molecule has 29 heavy (non-hydrogen) atoms. The molecule has 0 saturated heterocycles. The Morgan fingerprint density at radius 1 is 1.17 bits per heavy atom. The number of hydrogen-bond donors (Lipinski definition) is 2. The second-order valence-electron chi connectivity index (χ2n) is 7.40. The van der Waals surface area contributed by atoms with Crippen LogP contribution in [0.5, 0.6) is 0 Å². The van der Waals surface area contributed by atoms with E-state index >= 15 is 0 Å². The predicted molar refractivity (Wildman–Crippen MR) is 113 cm³/mol. The van der Waals surface area contributed by atoms with Crippen molar-refractivity contribution in [1.82, 2.24) is 15.5 Å². The Morgan fingerprint density at radius 3 is 2.66 bits per heavy atom. The maximum Gasteiger partial charge on any atom is 0.224 e. The average Bonchev–Trinajstić information content (AvgIpc) is 3.15. The summed E-state index contributed by atoms with van der Waals surface area (Å²) < 4.78 is 0. The van der Waals surface area contributed by atoms with Crippen molar-refractivity contribution in [2.75, 3.05) is 13.1 Å². The molecule has 3 amide bonds. The molecule has 6 nitrogen and oxygen atoms in total. The van der Waals surface area contributed by atoms with E-state index in [0.29, 0.717) is 13.1 Å². The van der Waals surface area contributed by atoms with Crippen LogP contribution in [0.25, 0.3) is 0 Å². The summed E-state index contributed by atoms with van der Waals surface area (Å²) in [5.41, 5.74) is 3.23. The maximum atomic E-state index is 12.5. The van der Waals surface area contributed by atoms with Crippen LogP contribution in [0.3, 0.4) is 0 Å². The van der Waals surface area contributed by atoms with Crippen molar-refractivity contribution in [2.24, 2.45) is 0 Å². The zero-order chi connectivity index (χ0) is 20.8. The second-order valence-corrected chi connectivity index (χ2v) is 8.40. The lowest BCUT2D eigenvalue weighted by Crippen LogP contribution is -2.38. The first kappa shape index (κ1) is 21.0. The molecule has 0 bridgehead atoms. The van der Waals surface area contributed by atoms with E-state index < -0.39 is 0 Å². The van der Waals surface area contributed by atoms with E-state index in [9.17, 15) is 14.4 Å². The van der Waals surface area contributed by atoms with Gasteiger partial charge in [-0.15, -0.1) is 11.3 Å². The molecule has 2 N–H and O–H groups in total. The first-order valence-electron chi connectivity index (χ1n) is 9.86. The summed E-state index contributed by atoms with van der Waals surface area (Å²) in [5.74, 6) is -0.313. The highest BCUT2D eigenvalue weighted by Gasteiger charge is 2.22. The molecule has 1 aromatic heterocycles. The van der Waals surface area contributed by atoms with Crippen molar-refractivity contribution >= 4 is 29.1 Å². The highest BCUT2D eigenvalue weighted by atomic mass is 32.1. The quantitative estimate of drug-likeness (QED) is 0.733. The van der Waals surface area contributed by atoms with Gasteiger partial charge >= 0.3 is 0 Å². The summed E-state index contributed by atoms with van der Waals surface area (Å²) in [5, 5.41) is 7.71. The van der Waals surface area contributed by atoms with Crippen molar-refractivity contribution in [3.63, 3.8) is 0 Å². The Hall–Kier alpha value is -2.67. The zero-order valence-corrected chi connectivity index (χ0v) is 17.7. The van der Waals surface area contributed by atoms with Gasteiger partial charge in [-0.3, -0.25) is 14.4 Å². The Balaban J connectivity index is 1.47. The van der Waals surface area contributed by atoms with Crippen LogP contribution in [0.2, 0.25) is 0 Å². The molecule has 0 aliphatic carbocycles. The van der Waals surface area contributed by atoms with Gasteiger partial charge in [-0.1, -0.05) is 29.8 Å². The monoisotopic (exact) mass is 413 g/mol. The highest BCUT2D eigenvalue weighted by molar-refractivity contribution is 7.10. The topological polar surface area (TPSA) is 78.5 Å². The SMILES string of the molecule is CC(=O)NC(CC(=O)NCCC(=O)N1CCc2sccc2C1)c1ccc(C)cc1. The molecule has 1 aromatic carbocycles. The molecule has 1 aliphatic heterocycles. The van der Waals surface area contributed by atoms with Crippen LogP contribution < -0.4 is 10.6 Å². The molecule has 2 aromatic rings. The fraction of sp³-hybridized carbons (Fsp3) is 0.409. The lowest BCUT2D eigenvalue weighted by Gasteiger charge is -2.27. The Morgan fingerprint density at radius 2 is 1.93 bits per heavy atom. The van der Waals surface area contributed by atoms with E-state index in [2.05, 4.69) is 22.1 Å². The number of fused-ring (bicyclic) bond motifs is 1. The fourth-order valence-electron chi connectivity index (χ4n) is 3.48. The van der Waals surface area contributed by atoms with Gasteiger partial charge in [-0.2, -0.15) is 0 Å². The van der Waals surface area contributed by atoms with Crippen molar-refractivity contribution in [1.29, 1.82) is 0 Å². The molecular formula is C22H27N3O3S. The number of nitrogens with zero attached hydrogens (tertiary/aromatic N) is 1. The summed E-state index contributed by atoms with van der Waals surface area (Å²) in [4.78, 5) is 39.6. The van der Waals surface area contributed by atoms with Gasteiger partial charge in [-0.25, -0.2) is 0 Å². The first-order valence-corrected chi connectivity index (χ1v) is 10.7. The fourth-order valence-corrected chi connectivity index (χ4v) is 4.37. The number of carbonyl (C=O) groups is 3. The van der Waals surface area contributed by atoms with Gasteiger partial charge in [0.1, 0.15) is 0 Å². The summed E-state index contributed by atoms with van der Waals surface area (Å²) in [6.45, 7) is 5.12. The number of benzene rings is 1. The number of amides is 3. The van der Waals surface area contributed by atoms with Gasteiger partial charge < -0.3 is 15.5 Å². The molecule has 7 heteroatoms. The van der Waals surface area contributed by atoms with Crippen molar-refractivity contribution < 1.29 is 14.4 Å². The highest BCUT2D eigenvalue weighted by Crippen LogP contribution is 2.24. The second kappa shape index (κ2) is 9.69. The third kappa shape index (κ3) is 5.90. The molecule has 0 saturated carbocycles. The molecule has 1 unspecified atom stereocenters. The number of thiophene rings is 1. The smallest absolute Gasteiger partial charge is 0.224 e. The van der Waals surface area contributed by atoms with E-state index in [1.54, 1.807) is 11.3 Å². The molecule has 3 rings (SSSR count). The molecule has 0 spiro atoms. The van der Waals surface area contributed by atoms with Gasteiger partial charge in [0, 0.05) is 37.9 Å². The minimum absolute atomic E-state index is 0.0547. The van der Waals surface area contributed by atoms with E-state index in [4.69, 9.17) is 0 Å². The Kier molecular flexibility index (Phi) is 7.04. The maximum absolute atomic E-state index is 12.5. The molecule has 1 atom stereocenters. The normalized spacial score (nSPS) is 14.1. The third-order valence-corrected chi connectivity index (χ3v) is 6.09. The molecule has 0 fully saturated rings. The predicted octanol–water partition coefficient (Wildman–Crippen LogP) is 2.72. The van der Waals surface area contributed by atoms with Crippen LogP contribution in [-0.4, -0.2) is 35.7 Å². The van der Waals surface area contributed by atoms with Gasteiger partial charge in [0.25, 0.3) is 0 Å². The van der Waals surface area contributed by atoms with Crippen LogP contribution in [0.4, 0.5) is 0 Å². The number of carbonyl (C=O) groups excluding carboxylic acids is 3. The van der Waals surface area contributed by atoms with Crippen molar-refractivity contribution in [2.45, 2.75) is 45.7 Å². The van der Waals surface area contributed by atoms with Gasteiger partial charge in [0.15, 0.2) is 0 Å². The van der Waals surface area contributed by atoms with Crippen molar-refractivity contribution in [3.8, 4) is 0 Å². The van der Waals surface area contributed by atoms with Crippen LogP contribution in [0.1, 0.15) is 47.4 Å². The molecule has 1 aliphatic rings. The van der Waals surface area contributed by atoms with Crippen LogP contribution in [-0.2, 0) is 27.3 Å². The molecule has 2 heterocycles. The largest absolute Gasteiger partial charge is 0.356 e. The van der Waals surface area contributed by atoms with E-state index in [1.807, 2.05) is 36.1 Å².